The molecule has 1 heterocycles. The molecule has 0 saturated heterocycles. The van der Waals surface area contributed by atoms with Gasteiger partial charge in [-0.3, -0.25) is 9.78 Å². The third kappa shape index (κ3) is 3.21. The van der Waals surface area contributed by atoms with Crippen LogP contribution in [0.1, 0.15) is 28.5 Å². The zero-order valence-corrected chi connectivity index (χ0v) is 13.0. The van der Waals surface area contributed by atoms with Gasteiger partial charge in [-0.05, 0) is 37.1 Å². The maximum atomic E-state index is 12.6. The summed E-state index contributed by atoms with van der Waals surface area (Å²) in [6.45, 7) is 4.02. The summed E-state index contributed by atoms with van der Waals surface area (Å²) in [6, 6.07) is 9.91. The van der Waals surface area contributed by atoms with E-state index in [-0.39, 0.29) is 5.91 Å². The van der Waals surface area contributed by atoms with Crippen LogP contribution in [0.3, 0.4) is 0 Å². The summed E-state index contributed by atoms with van der Waals surface area (Å²) in [5.41, 5.74) is 4.38. The zero-order chi connectivity index (χ0) is 15.4. The van der Waals surface area contributed by atoms with Crippen molar-refractivity contribution in [2.45, 2.75) is 20.3 Å². The highest BCUT2D eigenvalue weighted by Gasteiger charge is 2.17. The number of carbonyl (C=O) groups is 1. The Kier molecular flexibility index (Phi) is 4.58. The molecule has 0 fully saturated rings. The summed E-state index contributed by atoms with van der Waals surface area (Å²) in [5.74, 6) is -0.0731. The molecule has 21 heavy (non-hydrogen) atoms. The number of carbonyl (C=O) groups excluding carboxylic acids is 1. The number of nitrogens with one attached hydrogen (secondary N) is 1. The molecular weight excluding hydrogens is 262 g/mol. The standard InChI is InChI=1S/C17H21N3O/c1-5-13-6-8-14(9-7-13)20(4)17(21)15-11-19-12(2)10-16(15)18-3/h6-11H,5H2,1-4H3,(H,18,19). The molecule has 0 aliphatic heterocycles. The second-order valence-electron chi connectivity index (χ2n) is 5.01. The lowest BCUT2D eigenvalue weighted by molar-refractivity contribution is 0.0993. The van der Waals surface area contributed by atoms with Crippen molar-refractivity contribution in [2.75, 3.05) is 24.3 Å². The summed E-state index contributed by atoms with van der Waals surface area (Å²) in [4.78, 5) is 18.5. The van der Waals surface area contributed by atoms with Crippen LogP contribution in [0.4, 0.5) is 11.4 Å². The number of hydrogen-bond acceptors (Lipinski definition) is 3. The Balaban J connectivity index is 2.30. The molecule has 0 aliphatic carbocycles. The fourth-order valence-corrected chi connectivity index (χ4v) is 2.19. The van der Waals surface area contributed by atoms with Gasteiger partial charge in [-0.2, -0.15) is 0 Å². The highest BCUT2D eigenvalue weighted by Crippen LogP contribution is 2.21. The lowest BCUT2D eigenvalue weighted by Crippen LogP contribution is -2.27. The van der Waals surface area contributed by atoms with Gasteiger partial charge in [0.1, 0.15) is 0 Å². The molecule has 4 heteroatoms. The molecule has 0 atom stereocenters. The molecular formula is C17H21N3O. The second-order valence-corrected chi connectivity index (χ2v) is 5.01. The van der Waals surface area contributed by atoms with Crippen LogP contribution in [0.25, 0.3) is 0 Å². The minimum absolute atomic E-state index is 0.0731. The minimum atomic E-state index is -0.0731. The van der Waals surface area contributed by atoms with Gasteiger partial charge in [0.25, 0.3) is 5.91 Å². The SMILES string of the molecule is CCc1ccc(N(C)C(=O)c2cnc(C)cc2NC)cc1. The van der Waals surface area contributed by atoms with Crippen molar-refractivity contribution in [3.63, 3.8) is 0 Å². The topological polar surface area (TPSA) is 45.2 Å². The van der Waals surface area contributed by atoms with Gasteiger partial charge in [-0.15, -0.1) is 0 Å². The molecule has 0 unspecified atom stereocenters. The van der Waals surface area contributed by atoms with E-state index in [0.717, 1.165) is 23.5 Å². The molecule has 0 radical (unpaired) electrons. The number of rotatable bonds is 4. The quantitative estimate of drug-likeness (QED) is 0.936. The van der Waals surface area contributed by atoms with E-state index in [1.54, 1.807) is 18.1 Å². The lowest BCUT2D eigenvalue weighted by Gasteiger charge is -2.19. The average Bonchev–Trinajstić information content (AvgIpc) is 2.53. The third-order valence-corrected chi connectivity index (χ3v) is 3.58. The first kappa shape index (κ1) is 15.0. The lowest BCUT2D eigenvalue weighted by atomic mass is 10.1. The Morgan fingerprint density at radius 1 is 1.29 bits per heavy atom. The van der Waals surface area contributed by atoms with Crippen LogP contribution in [-0.4, -0.2) is 25.0 Å². The number of pyridine rings is 1. The third-order valence-electron chi connectivity index (χ3n) is 3.58. The molecule has 0 aliphatic rings. The summed E-state index contributed by atoms with van der Waals surface area (Å²) in [6.07, 6.45) is 2.62. The van der Waals surface area contributed by atoms with E-state index >= 15 is 0 Å². The molecule has 110 valence electrons. The van der Waals surface area contributed by atoms with E-state index in [1.165, 1.54) is 5.56 Å². The van der Waals surface area contributed by atoms with Crippen molar-refractivity contribution in [2.24, 2.45) is 0 Å². The van der Waals surface area contributed by atoms with Crippen molar-refractivity contribution in [3.8, 4) is 0 Å². The molecule has 0 saturated carbocycles. The predicted octanol–water partition coefficient (Wildman–Crippen LogP) is 3.27. The minimum Gasteiger partial charge on any atom is -0.387 e. The van der Waals surface area contributed by atoms with Crippen molar-refractivity contribution in [1.82, 2.24) is 4.98 Å². The van der Waals surface area contributed by atoms with Crippen molar-refractivity contribution < 1.29 is 4.79 Å². The number of benzene rings is 1. The van der Waals surface area contributed by atoms with E-state index in [9.17, 15) is 4.79 Å². The van der Waals surface area contributed by atoms with Crippen LogP contribution in [-0.2, 0) is 6.42 Å². The van der Waals surface area contributed by atoms with Gasteiger partial charge in [0.05, 0.1) is 11.3 Å². The summed E-state index contributed by atoms with van der Waals surface area (Å²) in [5, 5.41) is 3.05. The Bertz CT molecular complexity index is 635. The van der Waals surface area contributed by atoms with Crippen LogP contribution in [0.2, 0.25) is 0 Å². The fraction of sp³-hybridized carbons (Fsp3) is 0.294. The molecule has 1 N–H and O–H groups in total. The largest absolute Gasteiger partial charge is 0.387 e. The molecule has 2 rings (SSSR count). The first-order chi connectivity index (χ1) is 10.1. The maximum absolute atomic E-state index is 12.6. The van der Waals surface area contributed by atoms with E-state index < -0.39 is 0 Å². The molecule has 4 nitrogen and oxygen atoms in total. The highest BCUT2D eigenvalue weighted by molar-refractivity contribution is 6.09. The predicted molar refractivity (Wildman–Crippen MR) is 87.1 cm³/mol. The van der Waals surface area contributed by atoms with Gasteiger partial charge in [-0.1, -0.05) is 19.1 Å². The van der Waals surface area contributed by atoms with Crippen LogP contribution >= 0.6 is 0 Å². The van der Waals surface area contributed by atoms with Gasteiger partial charge in [0, 0.05) is 31.7 Å². The average molecular weight is 283 g/mol. The van der Waals surface area contributed by atoms with Crippen LogP contribution in [0.15, 0.2) is 36.5 Å². The molecule has 1 aromatic carbocycles. The van der Waals surface area contributed by atoms with Crippen molar-refractivity contribution >= 4 is 17.3 Å². The zero-order valence-electron chi connectivity index (χ0n) is 13.0. The number of nitrogens with zero attached hydrogens (tertiary/aromatic N) is 2. The van der Waals surface area contributed by atoms with E-state index in [0.29, 0.717) is 5.56 Å². The Hall–Kier alpha value is -2.36. The van der Waals surface area contributed by atoms with E-state index in [1.807, 2.05) is 44.3 Å². The highest BCUT2D eigenvalue weighted by atomic mass is 16.2. The molecule has 1 amide bonds. The summed E-state index contributed by atoms with van der Waals surface area (Å²) >= 11 is 0. The smallest absolute Gasteiger partial charge is 0.261 e. The Morgan fingerprint density at radius 2 is 1.95 bits per heavy atom. The van der Waals surface area contributed by atoms with Gasteiger partial charge in [0.2, 0.25) is 0 Å². The van der Waals surface area contributed by atoms with Crippen molar-refractivity contribution in [1.29, 1.82) is 0 Å². The van der Waals surface area contributed by atoms with Gasteiger partial charge in [0.15, 0.2) is 0 Å². The summed E-state index contributed by atoms with van der Waals surface area (Å²) in [7, 11) is 3.59. The molecule has 0 spiro atoms. The fourth-order valence-electron chi connectivity index (χ4n) is 2.19. The Morgan fingerprint density at radius 3 is 2.52 bits per heavy atom. The van der Waals surface area contributed by atoms with Gasteiger partial charge < -0.3 is 10.2 Å². The number of aromatic nitrogens is 1. The van der Waals surface area contributed by atoms with Crippen LogP contribution in [0, 0.1) is 6.92 Å². The maximum Gasteiger partial charge on any atom is 0.261 e. The number of hydrogen-bond donors (Lipinski definition) is 1. The normalized spacial score (nSPS) is 10.3. The molecule has 2 aromatic rings. The number of aryl methyl sites for hydroxylation is 2. The first-order valence-corrected chi connectivity index (χ1v) is 7.08. The van der Waals surface area contributed by atoms with E-state index in [4.69, 9.17) is 0 Å². The van der Waals surface area contributed by atoms with Gasteiger partial charge >= 0.3 is 0 Å². The monoisotopic (exact) mass is 283 g/mol. The van der Waals surface area contributed by atoms with Gasteiger partial charge in [-0.25, -0.2) is 0 Å². The molecule has 0 bridgehead atoms. The second kappa shape index (κ2) is 6.39. The first-order valence-electron chi connectivity index (χ1n) is 7.08. The number of amides is 1. The van der Waals surface area contributed by atoms with Crippen molar-refractivity contribution in [3.05, 3.63) is 53.3 Å². The van der Waals surface area contributed by atoms with E-state index in [2.05, 4.69) is 17.2 Å². The Labute approximate surface area is 125 Å². The number of anilines is 2. The van der Waals surface area contributed by atoms with Crippen LogP contribution < -0.4 is 10.2 Å². The summed E-state index contributed by atoms with van der Waals surface area (Å²) < 4.78 is 0. The molecule has 1 aromatic heterocycles. The van der Waals surface area contributed by atoms with Crippen LogP contribution in [0.5, 0.6) is 0 Å².